The van der Waals surface area contributed by atoms with Crippen molar-refractivity contribution >= 4 is 11.9 Å². The molecule has 2 aliphatic heterocycles. The van der Waals surface area contributed by atoms with Crippen molar-refractivity contribution < 1.29 is 19.4 Å². The second kappa shape index (κ2) is 5.01. The van der Waals surface area contributed by atoms with Gasteiger partial charge in [-0.25, -0.2) is 0 Å². The van der Waals surface area contributed by atoms with E-state index in [-0.39, 0.29) is 12.0 Å². The lowest BCUT2D eigenvalue weighted by Crippen LogP contribution is -2.38. The summed E-state index contributed by atoms with van der Waals surface area (Å²) < 4.78 is 5.52. The Balaban J connectivity index is 1.87. The van der Waals surface area contributed by atoms with Gasteiger partial charge in [-0.3, -0.25) is 9.59 Å². The van der Waals surface area contributed by atoms with Crippen LogP contribution < -0.4 is 5.73 Å². The molecule has 2 aliphatic rings. The smallest absolute Gasteiger partial charge is 0.308 e. The predicted molar refractivity (Wildman–Crippen MR) is 59.3 cm³/mol. The number of carbonyl (C=O) groups is 2. The van der Waals surface area contributed by atoms with Gasteiger partial charge < -0.3 is 20.5 Å². The van der Waals surface area contributed by atoms with Crippen LogP contribution in [0.1, 0.15) is 19.3 Å². The lowest BCUT2D eigenvalue weighted by molar-refractivity contribution is -0.143. The number of amides is 1. The van der Waals surface area contributed by atoms with Crippen LogP contribution in [-0.4, -0.2) is 53.7 Å². The molecular formula is C11H18N2O4. The van der Waals surface area contributed by atoms with Crippen molar-refractivity contribution in [1.82, 2.24) is 4.90 Å². The second-order valence-corrected chi connectivity index (χ2v) is 4.67. The van der Waals surface area contributed by atoms with Crippen molar-refractivity contribution in [1.29, 1.82) is 0 Å². The molecule has 2 heterocycles. The number of carboxylic acids is 1. The zero-order chi connectivity index (χ0) is 12.4. The van der Waals surface area contributed by atoms with Gasteiger partial charge in [0.05, 0.1) is 12.0 Å². The number of ether oxygens (including phenoxy) is 1. The lowest BCUT2D eigenvalue weighted by atomic mass is 10.1. The SMILES string of the molecule is NCC1CCC(C(=O)N2CCC(C(=O)O)C2)O1. The van der Waals surface area contributed by atoms with Crippen LogP contribution in [0, 0.1) is 5.92 Å². The number of nitrogens with two attached hydrogens (primary N) is 1. The Kier molecular flexibility index (Phi) is 3.63. The van der Waals surface area contributed by atoms with Crippen LogP contribution in [0.2, 0.25) is 0 Å². The van der Waals surface area contributed by atoms with Gasteiger partial charge in [0.1, 0.15) is 6.10 Å². The summed E-state index contributed by atoms with van der Waals surface area (Å²) in [5.41, 5.74) is 5.48. The Labute approximate surface area is 99.7 Å². The number of nitrogens with zero attached hydrogens (tertiary/aromatic N) is 1. The molecule has 6 nitrogen and oxygen atoms in total. The molecule has 2 rings (SSSR count). The van der Waals surface area contributed by atoms with Crippen molar-refractivity contribution in [3.05, 3.63) is 0 Å². The molecule has 3 atom stereocenters. The summed E-state index contributed by atoms with van der Waals surface area (Å²) in [6, 6.07) is 0. The molecule has 0 aromatic carbocycles. The van der Waals surface area contributed by atoms with Crippen molar-refractivity contribution in [3.8, 4) is 0 Å². The first-order valence-corrected chi connectivity index (χ1v) is 5.99. The average Bonchev–Trinajstić information content (AvgIpc) is 2.97. The third-order valence-electron chi connectivity index (χ3n) is 3.50. The molecule has 0 saturated carbocycles. The number of likely N-dealkylation sites (tertiary alicyclic amines) is 1. The second-order valence-electron chi connectivity index (χ2n) is 4.67. The van der Waals surface area contributed by atoms with E-state index in [1.165, 1.54) is 0 Å². The third kappa shape index (κ3) is 2.58. The van der Waals surface area contributed by atoms with E-state index in [2.05, 4.69) is 0 Å². The fraction of sp³-hybridized carbons (Fsp3) is 0.818. The molecule has 17 heavy (non-hydrogen) atoms. The normalized spacial score (nSPS) is 33.0. The number of aliphatic carboxylic acids is 1. The van der Waals surface area contributed by atoms with Gasteiger partial charge >= 0.3 is 5.97 Å². The van der Waals surface area contributed by atoms with Gasteiger partial charge in [-0.2, -0.15) is 0 Å². The van der Waals surface area contributed by atoms with E-state index in [1.54, 1.807) is 4.90 Å². The fourth-order valence-electron chi connectivity index (χ4n) is 2.43. The molecule has 3 N–H and O–H groups in total. The topological polar surface area (TPSA) is 92.9 Å². The van der Waals surface area contributed by atoms with E-state index >= 15 is 0 Å². The van der Waals surface area contributed by atoms with Gasteiger partial charge in [0.2, 0.25) is 0 Å². The molecule has 0 bridgehead atoms. The van der Waals surface area contributed by atoms with Gasteiger partial charge in [-0.1, -0.05) is 0 Å². The maximum Gasteiger partial charge on any atom is 0.308 e. The fourth-order valence-corrected chi connectivity index (χ4v) is 2.43. The number of carbonyl (C=O) groups excluding carboxylic acids is 1. The minimum Gasteiger partial charge on any atom is -0.481 e. The van der Waals surface area contributed by atoms with Crippen molar-refractivity contribution in [2.45, 2.75) is 31.5 Å². The summed E-state index contributed by atoms with van der Waals surface area (Å²) >= 11 is 0. The maximum atomic E-state index is 12.0. The quantitative estimate of drug-likeness (QED) is 0.691. The van der Waals surface area contributed by atoms with E-state index in [4.69, 9.17) is 15.6 Å². The van der Waals surface area contributed by atoms with E-state index in [0.717, 1.165) is 6.42 Å². The van der Waals surface area contributed by atoms with Crippen LogP contribution in [0.5, 0.6) is 0 Å². The molecule has 0 spiro atoms. The molecule has 0 radical (unpaired) electrons. The highest BCUT2D eigenvalue weighted by Gasteiger charge is 2.37. The van der Waals surface area contributed by atoms with Gasteiger partial charge in [0.15, 0.2) is 0 Å². The van der Waals surface area contributed by atoms with E-state index in [1.807, 2.05) is 0 Å². The molecule has 0 aromatic heterocycles. The van der Waals surface area contributed by atoms with Gasteiger partial charge in [-0.15, -0.1) is 0 Å². The van der Waals surface area contributed by atoms with Crippen molar-refractivity contribution in [2.24, 2.45) is 11.7 Å². The molecule has 96 valence electrons. The Morgan fingerprint density at radius 2 is 2.12 bits per heavy atom. The van der Waals surface area contributed by atoms with Gasteiger partial charge in [-0.05, 0) is 19.3 Å². The summed E-state index contributed by atoms with van der Waals surface area (Å²) in [5, 5.41) is 8.87. The number of rotatable bonds is 3. The first-order valence-electron chi connectivity index (χ1n) is 5.99. The number of carboxylic acid groups (broad SMARTS) is 1. The van der Waals surface area contributed by atoms with E-state index in [9.17, 15) is 9.59 Å². The highest BCUT2D eigenvalue weighted by molar-refractivity contribution is 5.82. The Bertz CT molecular complexity index is 321. The van der Waals surface area contributed by atoms with Crippen LogP contribution in [0.15, 0.2) is 0 Å². The molecule has 3 unspecified atom stereocenters. The number of hydrogen-bond donors (Lipinski definition) is 2. The lowest BCUT2D eigenvalue weighted by Gasteiger charge is -2.20. The molecule has 2 fully saturated rings. The monoisotopic (exact) mass is 242 g/mol. The van der Waals surface area contributed by atoms with Crippen LogP contribution in [0.25, 0.3) is 0 Å². The highest BCUT2D eigenvalue weighted by atomic mass is 16.5. The van der Waals surface area contributed by atoms with Crippen LogP contribution in [0.3, 0.4) is 0 Å². The molecule has 2 saturated heterocycles. The zero-order valence-corrected chi connectivity index (χ0v) is 9.67. The van der Waals surface area contributed by atoms with E-state index < -0.39 is 18.0 Å². The Morgan fingerprint density at radius 3 is 2.65 bits per heavy atom. The van der Waals surface area contributed by atoms with Crippen LogP contribution >= 0.6 is 0 Å². The summed E-state index contributed by atoms with van der Waals surface area (Å²) in [6.45, 7) is 1.26. The third-order valence-corrected chi connectivity index (χ3v) is 3.50. The Morgan fingerprint density at radius 1 is 1.35 bits per heavy atom. The first-order chi connectivity index (χ1) is 8.11. The molecule has 0 aliphatic carbocycles. The first kappa shape index (κ1) is 12.3. The predicted octanol–water partition coefficient (Wildman–Crippen LogP) is -0.574. The summed E-state index contributed by atoms with van der Waals surface area (Å²) in [4.78, 5) is 24.4. The molecule has 6 heteroatoms. The van der Waals surface area contributed by atoms with Gasteiger partial charge in [0, 0.05) is 19.6 Å². The minimum absolute atomic E-state index is 0.0261. The number of hydrogen-bond acceptors (Lipinski definition) is 4. The maximum absolute atomic E-state index is 12.0. The van der Waals surface area contributed by atoms with Gasteiger partial charge in [0.25, 0.3) is 5.91 Å². The Hall–Kier alpha value is -1.14. The van der Waals surface area contributed by atoms with Crippen molar-refractivity contribution in [2.75, 3.05) is 19.6 Å². The summed E-state index contributed by atoms with van der Waals surface area (Å²) in [5.74, 6) is -1.33. The van der Waals surface area contributed by atoms with Crippen LogP contribution in [-0.2, 0) is 14.3 Å². The molecule has 0 aromatic rings. The standard InChI is InChI=1S/C11H18N2O4/c12-5-8-1-2-9(17-8)10(14)13-4-3-7(6-13)11(15)16/h7-9H,1-6,12H2,(H,15,16). The highest BCUT2D eigenvalue weighted by Crippen LogP contribution is 2.24. The summed E-state index contributed by atoms with van der Waals surface area (Å²) in [6.07, 6.45) is 1.59. The summed E-state index contributed by atoms with van der Waals surface area (Å²) in [7, 11) is 0. The van der Waals surface area contributed by atoms with E-state index in [0.29, 0.717) is 32.5 Å². The minimum atomic E-state index is -0.826. The molecular weight excluding hydrogens is 224 g/mol. The average molecular weight is 242 g/mol. The van der Waals surface area contributed by atoms with Crippen LogP contribution in [0.4, 0.5) is 0 Å². The largest absolute Gasteiger partial charge is 0.481 e. The zero-order valence-electron chi connectivity index (χ0n) is 9.67. The van der Waals surface area contributed by atoms with Crippen molar-refractivity contribution in [3.63, 3.8) is 0 Å². The molecule has 1 amide bonds.